The molecule has 1 unspecified atom stereocenters. The van der Waals surface area contributed by atoms with E-state index in [0.717, 1.165) is 0 Å². The molecule has 1 heterocycles. The van der Waals surface area contributed by atoms with E-state index in [1.54, 1.807) is 31.7 Å². The maximum atomic E-state index is 14.7. The Labute approximate surface area is 168 Å². The molecule has 1 aromatic rings. The molecule has 0 bridgehead atoms. The first-order chi connectivity index (χ1) is 13.5. The first-order valence-corrected chi connectivity index (χ1v) is 10.0. The quantitative estimate of drug-likeness (QED) is 0.305. The van der Waals surface area contributed by atoms with Gasteiger partial charge in [-0.05, 0) is 31.4 Å². The van der Waals surface area contributed by atoms with Crippen LogP contribution in [0.2, 0.25) is 0 Å². The largest absolute Gasteiger partial charge is 0.442 e. The highest BCUT2D eigenvalue weighted by Gasteiger charge is 2.32. The molecule has 0 spiro atoms. The summed E-state index contributed by atoms with van der Waals surface area (Å²) >= 11 is 1.29. The van der Waals surface area contributed by atoms with Crippen LogP contribution in [0, 0.1) is 17.3 Å². The van der Waals surface area contributed by atoms with Crippen LogP contribution in [0.4, 0.5) is 20.6 Å². The van der Waals surface area contributed by atoms with E-state index in [0.29, 0.717) is 36.2 Å². The maximum Gasteiger partial charge on any atom is 0.414 e. The summed E-state index contributed by atoms with van der Waals surface area (Å²) in [6.07, 6.45) is 2.58. The standard InChI is InChI=1S/C18H24FN5O3S/c1-4-23(7-8-26-2)16-6-5-13(9-15(16)19)24-11-14(27-18(24)25)10-21-17(28-3)22-12-20/h5-6,9,14H,4,7-8,10-11H2,1-3H3,(H,21,22). The Hall–Kier alpha value is -2.51. The van der Waals surface area contributed by atoms with Gasteiger partial charge in [0.1, 0.15) is 11.9 Å². The number of nitriles is 1. The van der Waals surface area contributed by atoms with Crippen LogP contribution in [0.1, 0.15) is 6.92 Å². The lowest BCUT2D eigenvalue weighted by Gasteiger charge is -2.24. The van der Waals surface area contributed by atoms with Crippen molar-refractivity contribution in [3.8, 4) is 6.19 Å². The van der Waals surface area contributed by atoms with Gasteiger partial charge in [0.15, 0.2) is 11.4 Å². The van der Waals surface area contributed by atoms with Crippen LogP contribution in [0.15, 0.2) is 23.2 Å². The Bertz CT molecular complexity index is 755. The van der Waals surface area contributed by atoms with Crippen LogP contribution in [0.3, 0.4) is 0 Å². The molecule has 1 aliphatic rings. The Morgan fingerprint density at radius 2 is 2.39 bits per heavy atom. The first kappa shape index (κ1) is 21.8. The number of likely N-dealkylation sites (N-methyl/N-ethyl adjacent to an activating group) is 1. The number of carbonyl (C=O) groups excluding carboxylic acids is 1. The monoisotopic (exact) mass is 409 g/mol. The molecule has 1 saturated heterocycles. The fourth-order valence-corrected chi connectivity index (χ4v) is 3.14. The summed E-state index contributed by atoms with van der Waals surface area (Å²) < 4.78 is 25.0. The maximum absolute atomic E-state index is 14.7. The molecule has 1 aliphatic heterocycles. The van der Waals surface area contributed by atoms with Crippen molar-refractivity contribution in [2.75, 3.05) is 56.0 Å². The number of ether oxygens (including phenoxy) is 2. The summed E-state index contributed by atoms with van der Waals surface area (Å²) in [4.78, 5) is 19.7. The highest BCUT2D eigenvalue weighted by molar-refractivity contribution is 8.13. The number of amidine groups is 1. The van der Waals surface area contributed by atoms with Crippen molar-refractivity contribution in [1.29, 1.82) is 5.26 Å². The van der Waals surface area contributed by atoms with Crippen LogP contribution >= 0.6 is 11.8 Å². The van der Waals surface area contributed by atoms with Gasteiger partial charge in [0, 0.05) is 20.2 Å². The minimum Gasteiger partial charge on any atom is -0.442 e. The summed E-state index contributed by atoms with van der Waals surface area (Å²) in [6, 6.07) is 4.69. The van der Waals surface area contributed by atoms with E-state index in [-0.39, 0.29) is 13.1 Å². The van der Waals surface area contributed by atoms with E-state index in [9.17, 15) is 9.18 Å². The van der Waals surface area contributed by atoms with Gasteiger partial charge in [-0.3, -0.25) is 15.2 Å². The minimum atomic E-state index is -0.543. The fourth-order valence-electron chi connectivity index (χ4n) is 2.79. The van der Waals surface area contributed by atoms with Crippen molar-refractivity contribution in [2.24, 2.45) is 4.99 Å². The van der Waals surface area contributed by atoms with Crippen molar-refractivity contribution in [1.82, 2.24) is 5.32 Å². The van der Waals surface area contributed by atoms with Crippen molar-refractivity contribution in [3.05, 3.63) is 24.0 Å². The Morgan fingerprint density at radius 1 is 1.61 bits per heavy atom. The highest BCUT2D eigenvalue weighted by Crippen LogP contribution is 2.28. The second-order valence-corrected chi connectivity index (χ2v) is 6.71. The molecule has 10 heteroatoms. The highest BCUT2D eigenvalue weighted by atomic mass is 32.2. The average Bonchev–Trinajstić information content (AvgIpc) is 3.07. The van der Waals surface area contributed by atoms with Gasteiger partial charge in [-0.15, -0.1) is 0 Å². The number of carbonyl (C=O) groups is 1. The number of methoxy groups -OCH3 is 1. The van der Waals surface area contributed by atoms with Crippen molar-refractivity contribution in [2.45, 2.75) is 13.0 Å². The van der Waals surface area contributed by atoms with Crippen LogP contribution in [0.25, 0.3) is 0 Å². The number of anilines is 2. The number of amides is 1. The number of hydrogen-bond donors (Lipinski definition) is 1. The van der Waals surface area contributed by atoms with Crippen molar-refractivity contribution < 1.29 is 18.7 Å². The van der Waals surface area contributed by atoms with Gasteiger partial charge in [0.25, 0.3) is 0 Å². The van der Waals surface area contributed by atoms with Gasteiger partial charge >= 0.3 is 6.09 Å². The molecule has 1 atom stereocenters. The minimum absolute atomic E-state index is 0.217. The number of benzene rings is 1. The predicted octanol–water partition coefficient (Wildman–Crippen LogP) is 2.41. The molecule has 1 N–H and O–H groups in total. The van der Waals surface area contributed by atoms with E-state index < -0.39 is 18.0 Å². The number of rotatable bonds is 8. The summed E-state index contributed by atoms with van der Waals surface area (Å²) in [5, 5.41) is 11.6. The molecule has 2 rings (SSSR count). The number of cyclic esters (lactones) is 1. The molecule has 1 amide bonds. The number of hydrogen-bond acceptors (Lipinski definition) is 7. The molecule has 1 aromatic carbocycles. The first-order valence-electron chi connectivity index (χ1n) is 8.79. The van der Waals surface area contributed by atoms with Crippen molar-refractivity contribution in [3.63, 3.8) is 0 Å². The van der Waals surface area contributed by atoms with Crippen LogP contribution in [0.5, 0.6) is 0 Å². The molecule has 0 saturated carbocycles. The van der Waals surface area contributed by atoms with Gasteiger partial charge in [0.2, 0.25) is 0 Å². The molecular formula is C18H24FN5O3S. The lowest BCUT2D eigenvalue weighted by molar-refractivity contribution is 0.145. The summed E-state index contributed by atoms with van der Waals surface area (Å²) in [5.41, 5.74) is 0.893. The number of halogens is 1. The van der Waals surface area contributed by atoms with Crippen molar-refractivity contribution >= 4 is 34.4 Å². The van der Waals surface area contributed by atoms with E-state index in [2.05, 4.69) is 10.3 Å². The number of aliphatic imine (C=N–C) groups is 1. The number of nitrogens with zero attached hydrogens (tertiary/aromatic N) is 4. The summed E-state index contributed by atoms with van der Waals surface area (Å²) in [7, 11) is 1.60. The van der Waals surface area contributed by atoms with E-state index >= 15 is 0 Å². The summed E-state index contributed by atoms with van der Waals surface area (Å²) in [5.74, 6) is -0.410. The molecule has 1 fully saturated rings. The SMILES string of the molecule is CCN(CCOC)c1ccc(N2CC(CN=C(NC#N)SC)OC2=O)cc1F. The zero-order valence-corrected chi connectivity index (χ0v) is 17.0. The van der Waals surface area contributed by atoms with E-state index in [1.807, 2.05) is 11.8 Å². The molecular weight excluding hydrogens is 385 g/mol. The topological polar surface area (TPSA) is 90.2 Å². The molecule has 0 aliphatic carbocycles. The Kier molecular flexibility index (Phi) is 8.35. The Morgan fingerprint density at radius 3 is 3.00 bits per heavy atom. The second-order valence-electron chi connectivity index (χ2n) is 5.91. The van der Waals surface area contributed by atoms with Gasteiger partial charge in [-0.2, -0.15) is 5.26 Å². The summed E-state index contributed by atoms with van der Waals surface area (Å²) in [6.45, 7) is 4.12. The molecule has 28 heavy (non-hydrogen) atoms. The third-order valence-corrected chi connectivity index (χ3v) is 4.82. The Balaban J connectivity index is 2.08. The zero-order valence-electron chi connectivity index (χ0n) is 16.1. The number of thioether (sulfide) groups is 1. The molecule has 0 radical (unpaired) electrons. The number of nitrogens with one attached hydrogen (secondary N) is 1. The smallest absolute Gasteiger partial charge is 0.414 e. The lowest BCUT2D eigenvalue weighted by Crippen LogP contribution is -2.28. The van der Waals surface area contributed by atoms with Gasteiger partial charge in [0.05, 0.1) is 31.1 Å². The third-order valence-electron chi connectivity index (χ3n) is 4.20. The lowest BCUT2D eigenvalue weighted by atomic mass is 10.2. The predicted molar refractivity (Wildman–Crippen MR) is 108 cm³/mol. The van der Waals surface area contributed by atoms with Gasteiger partial charge < -0.3 is 14.4 Å². The van der Waals surface area contributed by atoms with Gasteiger partial charge in [-0.1, -0.05) is 11.8 Å². The molecule has 152 valence electrons. The molecule has 8 nitrogen and oxygen atoms in total. The van der Waals surface area contributed by atoms with Gasteiger partial charge in [-0.25, -0.2) is 9.18 Å². The fraction of sp³-hybridized carbons (Fsp3) is 0.500. The zero-order chi connectivity index (χ0) is 20.5. The van der Waals surface area contributed by atoms with Crippen LogP contribution in [-0.4, -0.2) is 63.5 Å². The average molecular weight is 409 g/mol. The van der Waals surface area contributed by atoms with Crippen LogP contribution < -0.4 is 15.1 Å². The van der Waals surface area contributed by atoms with E-state index in [1.165, 1.54) is 22.7 Å². The second kappa shape index (κ2) is 10.7. The normalized spacial score (nSPS) is 16.7. The molecule has 0 aromatic heterocycles. The van der Waals surface area contributed by atoms with Crippen LogP contribution in [-0.2, 0) is 9.47 Å². The van der Waals surface area contributed by atoms with E-state index in [4.69, 9.17) is 14.7 Å². The third kappa shape index (κ3) is 5.50.